The van der Waals surface area contributed by atoms with Crippen LogP contribution in [0.2, 0.25) is 0 Å². The zero-order valence-corrected chi connectivity index (χ0v) is 13.8. The molecule has 0 unspecified atom stereocenters. The van der Waals surface area contributed by atoms with Gasteiger partial charge in [-0.3, -0.25) is 4.79 Å². The molecule has 1 aliphatic heterocycles. The van der Waals surface area contributed by atoms with Gasteiger partial charge in [0.05, 0.1) is 6.10 Å². The SMILES string of the molecule is CC1(C(=O)N2CCC([C@H](O)c3ccc(F)cc3)CC2)CCCC1. The number of benzene rings is 1. The molecule has 1 aromatic rings. The van der Waals surface area contributed by atoms with Gasteiger partial charge in [-0.1, -0.05) is 31.9 Å². The molecular formula is C19H26FNO2. The van der Waals surface area contributed by atoms with Gasteiger partial charge in [-0.2, -0.15) is 0 Å². The molecule has 1 aromatic carbocycles. The first-order valence-corrected chi connectivity index (χ1v) is 8.72. The molecule has 3 nitrogen and oxygen atoms in total. The largest absolute Gasteiger partial charge is 0.388 e. The first kappa shape index (κ1) is 16.4. The van der Waals surface area contributed by atoms with E-state index in [0.29, 0.717) is 5.91 Å². The fourth-order valence-electron chi connectivity index (χ4n) is 4.10. The van der Waals surface area contributed by atoms with E-state index in [1.807, 2.05) is 4.90 Å². The van der Waals surface area contributed by atoms with Crippen molar-refractivity contribution >= 4 is 5.91 Å². The van der Waals surface area contributed by atoms with Crippen molar-refractivity contribution in [2.24, 2.45) is 11.3 Å². The molecule has 0 radical (unpaired) electrons. The Morgan fingerprint density at radius 1 is 1.22 bits per heavy atom. The van der Waals surface area contributed by atoms with Gasteiger partial charge >= 0.3 is 0 Å². The second-order valence-electron chi connectivity index (χ2n) is 7.39. The maximum Gasteiger partial charge on any atom is 0.228 e. The molecule has 0 spiro atoms. The zero-order chi connectivity index (χ0) is 16.4. The number of hydrogen-bond acceptors (Lipinski definition) is 2. The first-order chi connectivity index (χ1) is 11.0. The molecule has 2 fully saturated rings. The Morgan fingerprint density at radius 2 is 1.78 bits per heavy atom. The van der Waals surface area contributed by atoms with Gasteiger partial charge in [0, 0.05) is 18.5 Å². The molecular weight excluding hydrogens is 293 g/mol. The van der Waals surface area contributed by atoms with Crippen molar-refractivity contribution in [3.63, 3.8) is 0 Å². The van der Waals surface area contributed by atoms with Crippen molar-refractivity contribution < 1.29 is 14.3 Å². The second-order valence-corrected chi connectivity index (χ2v) is 7.39. The van der Waals surface area contributed by atoms with Crippen molar-refractivity contribution in [3.05, 3.63) is 35.6 Å². The lowest BCUT2D eigenvalue weighted by Crippen LogP contribution is -2.45. The van der Waals surface area contributed by atoms with Crippen LogP contribution in [0.5, 0.6) is 0 Å². The summed E-state index contributed by atoms with van der Waals surface area (Å²) in [6, 6.07) is 6.07. The number of amides is 1. The molecule has 1 atom stereocenters. The summed E-state index contributed by atoms with van der Waals surface area (Å²) in [5.74, 6) is 0.150. The molecule has 1 saturated heterocycles. The van der Waals surface area contributed by atoms with Crippen molar-refractivity contribution in [3.8, 4) is 0 Å². The van der Waals surface area contributed by atoms with Gasteiger partial charge in [-0.15, -0.1) is 0 Å². The summed E-state index contributed by atoms with van der Waals surface area (Å²) in [4.78, 5) is 14.7. The summed E-state index contributed by atoms with van der Waals surface area (Å²) in [6.45, 7) is 3.54. The Kier molecular flexibility index (Phi) is 4.72. The summed E-state index contributed by atoms with van der Waals surface area (Å²) in [7, 11) is 0. The highest BCUT2D eigenvalue weighted by atomic mass is 19.1. The predicted molar refractivity (Wildman–Crippen MR) is 87.2 cm³/mol. The van der Waals surface area contributed by atoms with Crippen molar-refractivity contribution in [1.82, 2.24) is 4.90 Å². The van der Waals surface area contributed by atoms with Crippen molar-refractivity contribution in [2.45, 2.75) is 51.6 Å². The van der Waals surface area contributed by atoms with E-state index in [9.17, 15) is 14.3 Å². The molecule has 1 saturated carbocycles. The number of aliphatic hydroxyl groups is 1. The number of hydrogen-bond donors (Lipinski definition) is 1. The lowest BCUT2D eigenvalue weighted by molar-refractivity contribution is -0.143. The quantitative estimate of drug-likeness (QED) is 0.923. The van der Waals surface area contributed by atoms with Gasteiger partial charge in [0.25, 0.3) is 0 Å². The number of likely N-dealkylation sites (tertiary alicyclic amines) is 1. The summed E-state index contributed by atoms with van der Waals surface area (Å²) in [5.41, 5.74) is 0.599. The van der Waals surface area contributed by atoms with E-state index in [1.165, 1.54) is 12.1 Å². The molecule has 126 valence electrons. The van der Waals surface area contributed by atoms with Crippen LogP contribution in [0.1, 0.15) is 57.1 Å². The Hall–Kier alpha value is -1.42. The molecule has 23 heavy (non-hydrogen) atoms. The third-order valence-electron chi connectivity index (χ3n) is 5.71. The first-order valence-electron chi connectivity index (χ1n) is 8.72. The molecule has 1 amide bonds. The van der Waals surface area contributed by atoms with E-state index in [-0.39, 0.29) is 17.2 Å². The van der Waals surface area contributed by atoms with E-state index in [0.717, 1.165) is 57.2 Å². The minimum atomic E-state index is -0.574. The third kappa shape index (κ3) is 3.42. The average molecular weight is 319 g/mol. The van der Waals surface area contributed by atoms with Crippen LogP contribution >= 0.6 is 0 Å². The molecule has 0 aromatic heterocycles. The number of aliphatic hydroxyl groups excluding tert-OH is 1. The summed E-state index contributed by atoms with van der Waals surface area (Å²) < 4.78 is 13.0. The van der Waals surface area contributed by atoms with Crippen molar-refractivity contribution in [1.29, 1.82) is 0 Å². The number of carbonyl (C=O) groups excluding carboxylic acids is 1. The monoisotopic (exact) mass is 319 g/mol. The second kappa shape index (κ2) is 6.60. The summed E-state index contributed by atoms with van der Waals surface area (Å²) >= 11 is 0. The maximum atomic E-state index is 13.0. The van der Waals surface area contributed by atoms with Crippen molar-refractivity contribution in [2.75, 3.05) is 13.1 Å². The Balaban J connectivity index is 1.57. The maximum absolute atomic E-state index is 13.0. The van der Waals surface area contributed by atoms with Gasteiger partial charge in [0.1, 0.15) is 5.82 Å². The molecule has 1 heterocycles. The normalized spacial score (nSPS) is 23.0. The zero-order valence-electron chi connectivity index (χ0n) is 13.8. The fraction of sp³-hybridized carbons (Fsp3) is 0.632. The lowest BCUT2D eigenvalue weighted by Gasteiger charge is -2.38. The van der Waals surface area contributed by atoms with Gasteiger partial charge < -0.3 is 10.0 Å². The Morgan fingerprint density at radius 3 is 2.35 bits per heavy atom. The highest BCUT2D eigenvalue weighted by Gasteiger charge is 2.40. The van der Waals surface area contributed by atoms with E-state index < -0.39 is 6.10 Å². The minimum Gasteiger partial charge on any atom is -0.388 e. The van der Waals surface area contributed by atoms with Crippen LogP contribution in [0.4, 0.5) is 4.39 Å². The highest BCUT2D eigenvalue weighted by Crippen LogP contribution is 2.40. The minimum absolute atomic E-state index is 0.140. The standard InChI is InChI=1S/C19H26FNO2/c1-19(10-2-3-11-19)18(23)21-12-8-15(9-13-21)17(22)14-4-6-16(20)7-5-14/h4-7,15,17,22H,2-3,8-13H2,1H3/t17-/m1/s1. The van der Waals surface area contributed by atoms with E-state index >= 15 is 0 Å². The summed E-state index contributed by atoms with van der Waals surface area (Å²) in [5, 5.41) is 10.5. The number of rotatable bonds is 3. The number of halogens is 1. The number of carbonyl (C=O) groups is 1. The highest BCUT2D eigenvalue weighted by molar-refractivity contribution is 5.82. The Bertz CT molecular complexity index is 543. The van der Waals surface area contributed by atoms with E-state index in [4.69, 9.17) is 0 Å². The van der Waals surface area contributed by atoms with Crippen LogP contribution in [0.25, 0.3) is 0 Å². The summed E-state index contributed by atoms with van der Waals surface area (Å²) in [6.07, 6.45) is 5.36. The third-order valence-corrected chi connectivity index (χ3v) is 5.71. The average Bonchev–Trinajstić information content (AvgIpc) is 3.02. The van der Waals surface area contributed by atoms with Crippen LogP contribution in [0, 0.1) is 17.2 Å². The van der Waals surface area contributed by atoms with E-state index in [2.05, 4.69) is 6.92 Å². The van der Waals surface area contributed by atoms with Crippen LogP contribution in [0.3, 0.4) is 0 Å². The predicted octanol–water partition coefficient (Wildman–Crippen LogP) is 3.68. The molecule has 1 aliphatic carbocycles. The van der Waals surface area contributed by atoms with Crippen LogP contribution in [-0.4, -0.2) is 29.0 Å². The molecule has 3 rings (SSSR count). The van der Waals surface area contributed by atoms with Gasteiger partial charge in [-0.05, 0) is 49.3 Å². The number of piperidine rings is 1. The lowest BCUT2D eigenvalue weighted by atomic mass is 9.84. The van der Waals surface area contributed by atoms with Crippen LogP contribution in [0.15, 0.2) is 24.3 Å². The fourth-order valence-corrected chi connectivity index (χ4v) is 4.10. The molecule has 0 bridgehead atoms. The molecule has 4 heteroatoms. The number of nitrogens with zero attached hydrogens (tertiary/aromatic N) is 1. The van der Waals surface area contributed by atoms with Crippen LogP contribution < -0.4 is 0 Å². The van der Waals surface area contributed by atoms with Gasteiger partial charge in [0.2, 0.25) is 5.91 Å². The Labute approximate surface area is 137 Å². The van der Waals surface area contributed by atoms with Gasteiger partial charge in [0.15, 0.2) is 0 Å². The molecule has 2 aliphatic rings. The van der Waals surface area contributed by atoms with E-state index in [1.54, 1.807) is 12.1 Å². The topological polar surface area (TPSA) is 40.5 Å². The molecule has 1 N–H and O–H groups in total. The van der Waals surface area contributed by atoms with Crippen LogP contribution in [-0.2, 0) is 4.79 Å². The van der Waals surface area contributed by atoms with Gasteiger partial charge in [-0.25, -0.2) is 4.39 Å². The smallest absolute Gasteiger partial charge is 0.228 e.